The van der Waals surface area contributed by atoms with Crippen molar-refractivity contribution < 1.29 is 0 Å². The molecule has 2 unspecified atom stereocenters. The highest BCUT2D eigenvalue weighted by Gasteiger charge is 2.51. The van der Waals surface area contributed by atoms with Crippen molar-refractivity contribution in [2.45, 2.75) is 31.7 Å². The summed E-state index contributed by atoms with van der Waals surface area (Å²) >= 11 is 0. The van der Waals surface area contributed by atoms with E-state index in [1.54, 1.807) is 12.4 Å². The van der Waals surface area contributed by atoms with Gasteiger partial charge in [0.05, 0.1) is 11.4 Å². The van der Waals surface area contributed by atoms with Gasteiger partial charge >= 0.3 is 0 Å². The molecule has 3 nitrogen and oxygen atoms in total. The minimum atomic E-state index is 0.0956. The lowest BCUT2D eigenvalue weighted by atomic mass is 10.0. The Balaban J connectivity index is 2.41. The van der Waals surface area contributed by atoms with Gasteiger partial charge in [0.25, 0.3) is 0 Å². The largest absolute Gasteiger partial charge is 0.327 e. The van der Waals surface area contributed by atoms with Crippen LogP contribution in [0, 0.1) is 6.92 Å². The van der Waals surface area contributed by atoms with Crippen LogP contribution in [-0.4, -0.2) is 16.0 Å². The number of aryl methyl sites for hydroxylation is 1. The van der Waals surface area contributed by atoms with Gasteiger partial charge in [0, 0.05) is 23.9 Å². The summed E-state index contributed by atoms with van der Waals surface area (Å²) in [4.78, 5) is 8.52. The van der Waals surface area contributed by atoms with Crippen LogP contribution in [0.15, 0.2) is 12.4 Å². The SMILES string of the molecule is Cc1nccnc1C1(C)CC1N. The van der Waals surface area contributed by atoms with Crippen LogP contribution in [0.3, 0.4) is 0 Å². The van der Waals surface area contributed by atoms with E-state index >= 15 is 0 Å². The van der Waals surface area contributed by atoms with Crippen molar-refractivity contribution in [2.75, 3.05) is 0 Å². The zero-order valence-electron chi connectivity index (χ0n) is 7.41. The minimum absolute atomic E-state index is 0.0956. The molecule has 0 aromatic carbocycles. The average molecular weight is 163 g/mol. The maximum atomic E-state index is 5.83. The first-order valence-corrected chi connectivity index (χ1v) is 4.18. The van der Waals surface area contributed by atoms with E-state index in [1.807, 2.05) is 6.92 Å². The van der Waals surface area contributed by atoms with Crippen molar-refractivity contribution in [3.05, 3.63) is 23.8 Å². The zero-order chi connectivity index (χ0) is 8.77. The molecule has 1 heterocycles. The van der Waals surface area contributed by atoms with Crippen LogP contribution < -0.4 is 5.73 Å². The Bertz CT molecular complexity index is 310. The highest BCUT2D eigenvalue weighted by molar-refractivity contribution is 5.31. The molecule has 0 spiro atoms. The van der Waals surface area contributed by atoms with E-state index in [4.69, 9.17) is 5.73 Å². The van der Waals surface area contributed by atoms with E-state index in [2.05, 4.69) is 16.9 Å². The maximum Gasteiger partial charge on any atom is 0.0690 e. The van der Waals surface area contributed by atoms with Gasteiger partial charge in [-0.15, -0.1) is 0 Å². The monoisotopic (exact) mass is 163 g/mol. The predicted molar refractivity (Wildman–Crippen MR) is 46.7 cm³/mol. The molecular formula is C9H13N3. The standard InChI is InChI=1S/C9H13N3/c1-6-8(12-4-3-11-6)9(2)5-7(9)10/h3-4,7H,5,10H2,1-2H3. The number of nitrogens with two attached hydrogens (primary N) is 1. The third kappa shape index (κ3) is 0.932. The Hall–Kier alpha value is -0.960. The Morgan fingerprint density at radius 2 is 2.08 bits per heavy atom. The van der Waals surface area contributed by atoms with E-state index in [-0.39, 0.29) is 11.5 Å². The van der Waals surface area contributed by atoms with Crippen LogP contribution in [0.5, 0.6) is 0 Å². The predicted octanol–water partition coefficient (Wildman–Crippen LogP) is 0.774. The summed E-state index contributed by atoms with van der Waals surface area (Å²) in [6.45, 7) is 4.13. The third-order valence-corrected chi connectivity index (χ3v) is 2.72. The molecular weight excluding hydrogens is 150 g/mol. The fourth-order valence-corrected chi connectivity index (χ4v) is 1.64. The summed E-state index contributed by atoms with van der Waals surface area (Å²) in [5, 5.41) is 0. The van der Waals surface area contributed by atoms with Crippen LogP contribution in [0.1, 0.15) is 24.7 Å². The van der Waals surface area contributed by atoms with Crippen molar-refractivity contribution in [3.8, 4) is 0 Å². The van der Waals surface area contributed by atoms with E-state index < -0.39 is 0 Å². The first-order chi connectivity index (χ1) is 5.64. The summed E-state index contributed by atoms with van der Waals surface area (Å²) in [6, 6.07) is 0.271. The molecule has 12 heavy (non-hydrogen) atoms. The molecule has 1 fully saturated rings. The number of aromatic nitrogens is 2. The fraction of sp³-hybridized carbons (Fsp3) is 0.556. The Kier molecular flexibility index (Phi) is 1.45. The molecule has 3 heteroatoms. The van der Waals surface area contributed by atoms with Crippen LogP contribution in [-0.2, 0) is 5.41 Å². The fourth-order valence-electron chi connectivity index (χ4n) is 1.64. The molecule has 0 aliphatic heterocycles. The van der Waals surface area contributed by atoms with Gasteiger partial charge in [0.15, 0.2) is 0 Å². The summed E-state index contributed by atoms with van der Waals surface area (Å²) in [6.07, 6.45) is 4.49. The topological polar surface area (TPSA) is 51.8 Å². The highest BCUT2D eigenvalue weighted by atomic mass is 14.9. The first-order valence-electron chi connectivity index (χ1n) is 4.18. The normalized spacial score (nSPS) is 33.4. The number of hydrogen-bond acceptors (Lipinski definition) is 3. The molecule has 1 aromatic heterocycles. The second-order valence-corrected chi connectivity index (χ2v) is 3.72. The number of hydrogen-bond donors (Lipinski definition) is 1. The van der Waals surface area contributed by atoms with Crippen LogP contribution in [0.25, 0.3) is 0 Å². The molecule has 2 atom stereocenters. The van der Waals surface area contributed by atoms with Gasteiger partial charge in [-0.1, -0.05) is 6.92 Å². The molecule has 1 aliphatic carbocycles. The van der Waals surface area contributed by atoms with Crippen molar-refractivity contribution >= 4 is 0 Å². The minimum Gasteiger partial charge on any atom is -0.327 e. The molecule has 0 radical (unpaired) electrons. The van der Waals surface area contributed by atoms with Gasteiger partial charge in [-0.2, -0.15) is 0 Å². The summed E-state index contributed by atoms with van der Waals surface area (Å²) in [5.41, 5.74) is 8.00. The molecule has 2 N–H and O–H groups in total. The average Bonchev–Trinajstić information content (AvgIpc) is 2.61. The van der Waals surface area contributed by atoms with Crippen LogP contribution in [0.4, 0.5) is 0 Å². The number of nitrogens with zero attached hydrogens (tertiary/aromatic N) is 2. The van der Waals surface area contributed by atoms with Gasteiger partial charge in [0.2, 0.25) is 0 Å². The van der Waals surface area contributed by atoms with Gasteiger partial charge in [0.1, 0.15) is 0 Å². The van der Waals surface area contributed by atoms with Crippen LogP contribution >= 0.6 is 0 Å². The Morgan fingerprint density at radius 1 is 1.50 bits per heavy atom. The van der Waals surface area contributed by atoms with Crippen molar-refractivity contribution in [1.29, 1.82) is 0 Å². The Labute approximate surface area is 72.0 Å². The maximum absolute atomic E-state index is 5.83. The van der Waals surface area contributed by atoms with Gasteiger partial charge in [-0.3, -0.25) is 9.97 Å². The van der Waals surface area contributed by atoms with Crippen molar-refractivity contribution in [1.82, 2.24) is 9.97 Å². The quantitative estimate of drug-likeness (QED) is 0.665. The zero-order valence-corrected chi connectivity index (χ0v) is 7.41. The van der Waals surface area contributed by atoms with E-state index in [0.29, 0.717) is 0 Å². The molecule has 0 saturated heterocycles. The molecule has 1 saturated carbocycles. The lowest BCUT2D eigenvalue weighted by Gasteiger charge is -2.10. The van der Waals surface area contributed by atoms with E-state index in [0.717, 1.165) is 17.8 Å². The second kappa shape index (κ2) is 2.26. The van der Waals surface area contributed by atoms with Crippen LogP contribution in [0.2, 0.25) is 0 Å². The molecule has 0 amide bonds. The van der Waals surface area contributed by atoms with Gasteiger partial charge in [-0.05, 0) is 13.3 Å². The summed E-state index contributed by atoms with van der Waals surface area (Å²) in [5.74, 6) is 0. The van der Waals surface area contributed by atoms with Crippen molar-refractivity contribution in [2.24, 2.45) is 5.73 Å². The molecule has 64 valence electrons. The second-order valence-electron chi connectivity index (χ2n) is 3.72. The molecule has 0 bridgehead atoms. The smallest absolute Gasteiger partial charge is 0.0690 e. The Morgan fingerprint density at radius 3 is 2.58 bits per heavy atom. The van der Waals surface area contributed by atoms with Gasteiger partial charge < -0.3 is 5.73 Å². The number of rotatable bonds is 1. The third-order valence-electron chi connectivity index (χ3n) is 2.72. The molecule has 1 aromatic rings. The lowest BCUT2D eigenvalue weighted by Crippen LogP contribution is -2.17. The first kappa shape index (κ1) is 7.68. The highest BCUT2D eigenvalue weighted by Crippen LogP contribution is 2.46. The van der Waals surface area contributed by atoms with Crippen molar-refractivity contribution in [3.63, 3.8) is 0 Å². The lowest BCUT2D eigenvalue weighted by molar-refractivity contribution is 0.694. The molecule has 1 aliphatic rings. The van der Waals surface area contributed by atoms with E-state index in [9.17, 15) is 0 Å². The summed E-state index contributed by atoms with van der Waals surface area (Å²) < 4.78 is 0. The molecule has 2 rings (SSSR count). The summed E-state index contributed by atoms with van der Waals surface area (Å²) in [7, 11) is 0. The van der Waals surface area contributed by atoms with Gasteiger partial charge in [-0.25, -0.2) is 0 Å². The van der Waals surface area contributed by atoms with E-state index in [1.165, 1.54) is 0 Å².